The third-order valence-corrected chi connectivity index (χ3v) is 4.66. The maximum absolute atomic E-state index is 12.1. The normalized spacial score (nSPS) is 10.9. The van der Waals surface area contributed by atoms with Gasteiger partial charge in [-0.2, -0.15) is 5.10 Å². The number of aryl methyl sites for hydroxylation is 2. The average Bonchev–Trinajstić information content (AvgIpc) is 3.07. The van der Waals surface area contributed by atoms with Gasteiger partial charge < -0.3 is 10.1 Å². The number of methoxy groups -OCH3 is 1. The number of hydrogen-bond acceptors (Lipinski definition) is 5. The van der Waals surface area contributed by atoms with E-state index >= 15 is 0 Å². The van der Waals surface area contributed by atoms with Gasteiger partial charge in [0.05, 0.1) is 23.0 Å². The predicted molar refractivity (Wildman–Crippen MR) is 91.2 cm³/mol. The molecule has 6 nitrogen and oxygen atoms in total. The summed E-state index contributed by atoms with van der Waals surface area (Å²) in [6.45, 7) is 3.91. The Balaban J connectivity index is 1.66. The average molecular weight is 330 g/mol. The van der Waals surface area contributed by atoms with Gasteiger partial charge in [0.2, 0.25) is 5.91 Å². The zero-order chi connectivity index (χ0) is 16.4. The van der Waals surface area contributed by atoms with Crippen LogP contribution in [-0.4, -0.2) is 28.2 Å². The fourth-order valence-corrected chi connectivity index (χ4v) is 3.36. The van der Waals surface area contributed by atoms with Crippen LogP contribution in [0.15, 0.2) is 18.2 Å². The Kier molecular flexibility index (Phi) is 4.29. The smallest absolute Gasteiger partial charge is 0.226 e. The molecule has 0 saturated carbocycles. The van der Waals surface area contributed by atoms with E-state index in [1.54, 1.807) is 7.11 Å². The molecule has 0 radical (unpaired) electrons. The van der Waals surface area contributed by atoms with Gasteiger partial charge in [-0.25, -0.2) is 4.98 Å². The highest BCUT2D eigenvalue weighted by atomic mass is 32.1. The van der Waals surface area contributed by atoms with Crippen LogP contribution in [0.25, 0.3) is 10.2 Å². The van der Waals surface area contributed by atoms with Gasteiger partial charge in [-0.1, -0.05) is 11.3 Å². The molecule has 7 heteroatoms. The molecule has 0 atom stereocenters. The first-order valence-corrected chi connectivity index (χ1v) is 8.13. The summed E-state index contributed by atoms with van der Waals surface area (Å²) < 4.78 is 6.18. The highest BCUT2D eigenvalue weighted by Crippen LogP contribution is 2.29. The summed E-state index contributed by atoms with van der Waals surface area (Å²) in [5, 5.41) is 10.6. The van der Waals surface area contributed by atoms with Gasteiger partial charge in [-0.05, 0) is 44.0 Å². The highest BCUT2D eigenvalue weighted by molar-refractivity contribution is 7.22. The molecule has 1 aromatic carbocycles. The number of rotatable bonds is 5. The van der Waals surface area contributed by atoms with Crippen molar-refractivity contribution in [3.05, 3.63) is 35.2 Å². The summed E-state index contributed by atoms with van der Waals surface area (Å²) in [4.78, 5) is 16.6. The third kappa shape index (κ3) is 3.34. The fourth-order valence-electron chi connectivity index (χ4n) is 2.45. The molecule has 2 aromatic heterocycles. The van der Waals surface area contributed by atoms with Crippen molar-refractivity contribution in [1.82, 2.24) is 15.2 Å². The first-order valence-electron chi connectivity index (χ1n) is 7.31. The molecular weight excluding hydrogens is 312 g/mol. The van der Waals surface area contributed by atoms with E-state index in [9.17, 15) is 4.79 Å². The second-order valence-electron chi connectivity index (χ2n) is 5.31. The van der Waals surface area contributed by atoms with Gasteiger partial charge in [0, 0.05) is 12.1 Å². The number of ether oxygens (including phenoxy) is 1. The monoisotopic (exact) mass is 330 g/mol. The van der Waals surface area contributed by atoms with Crippen LogP contribution in [0, 0.1) is 13.8 Å². The molecule has 0 saturated heterocycles. The van der Waals surface area contributed by atoms with Gasteiger partial charge in [0.25, 0.3) is 0 Å². The number of H-pyrrole nitrogens is 1. The van der Waals surface area contributed by atoms with Crippen LogP contribution < -0.4 is 10.1 Å². The molecule has 0 aliphatic carbocycles. The zero-order valence-corrected chi connectivity index (χ0v) is 14.1. The van der Waals surface area contributed by atoms with E-state index in [0.29, 0.717) is 18.0 Å². The molecular formula is C16H18N4O2S. The van der Waals surface area contributed by atoms with Crippen molar-refractivity contribution < 1.29 is 9.53 Å². The van der Waals surface area contributed by atoms with Crippen molar-refractivity contribution >= 4 is 32.6 Å². The SMILES string of the molecule is COc1ccc2nc(NC(=O)CCc3c(C)n[nH]c3C)sc2c1. The largest absolute Gasteiger partial charge is 0.497 e. The van der Waals surface area contributed by atoms with Crippen LogP contribution in [0.3, 0.4) is 0 Å². The van der Waals surface area contributed by atoms with Crippen LogP contribution in [0.5, 0.6) is 5.75 Å². The molecule has 0 fully saturated rings. The van der Waals surface area contributed by atoms with Crippen molar-refractivity contribution in [2.45, 2.75) is 26.7 Å². The predicted octanol–water partition coefficient (Wildman–Crippen LogP) is 3.22. The molecule has 0 aliphatic heterocycles. The first-order chi connectivity index (χ1) is 11.1. The van der Waals surface area contributed by atoms with Gasteiger partial charge in [0.15, 0.2) is 5.13 Å². The van der Waals surface area contributed by atoms with Gasteiger partial charge in [0.1, 0.15) is 5.75 Å². The van der Waals surface area contributed by atoms with Crippen LogP contribution in [-0.2, 0) is 11.2 Å². The number of carbonyl (C=O) groups excluding carboxylic acids is 1. The Morgan fingerprint density at radius 3 is 2.91 bits per heavy atom. The molecule has 2 heterocycles. The van der Waals surface area contributed by atoms with Gasteiger partial charge in [-0.15, -0.1) is 0 Å². The Bertz CT molecular complexity index is 834. The topological polar surface area (TPSA) is 79.9 Å². The number of aromatic nitrogens is 3. The van der Waals surface area contributed by atoms with E-state index in [1.165, 1.54) is 11.3 Å². The van der Waals surface area contributed by atoms with Crippen LogP contribution in [0.4, 0.5) is 5.13 Å². The fraction of sp³-hybridized carbons (Fsp3) is 0.312. The molecule has 120 valence electrons. The van der Waals surface area contributed by atoms with E-state index in [1.807, 2.05) is 32.0 Å². The number of carbonyl (C=O) groups is 1. The number of amides is 1. The van der Waals surface area contributed by atoms with Crippen LogP contribution in [0.2, 0.25) is 0 Å². The summed E-state index contributed by atoms with van der Waals surface area (Å²) in [7, 11) is 1.63. The molecule has 23 heavy (non-hydrogen) atoms. The van der Waals surface area contributed by atoms with Crippen LogP contribution in [0.1, 0.15) is 23.4 Å². The number of nitrogens with zero attached hydrogens (tertiary/aromatic N) is 2. The lowest BCUT2D eigenvalue weighted by atomic mass is 10.1. The second kappa shape index (κ2) is 6.37. The van der Waals surface area contributed by atoms with E-state index in [0.717, 1.165) is 32.9 Å². The number of thiazole rings is 1. The summed E-state index contributed by atoms with van der Waals surface area (Å²) in [5.41, 5.74) is 3.92. The molecule has 0 aliphatic rings. The lowest BCUT2D eigenvalue weighted by molar-refractivity contribution is -0.116. The molecule has 3 rings (SSSR count). The first kappa shape index (κ1) is 15.5. The summed E-state index contributed by atoms with van der Waals surface area (Å²) in [6, 6.07) is 5.66. The van der Waals surface area contributed by atoms with Crippen molar-refractivity contribution in [2.24, 2.45) is 0 Å². The lowest BCUT2D eigenvalue weighted by Crippen LogP contribution is -2.12. The minimum absolute atomic E-state index is 0.0454. The lowest BCUT2D eigenvalue weighted by Gasteiger charge is -2.02. The van der Waals surface area contributed by atoms with Gasteiger partial charge in [-0.3, -0.25) is 9.89 Å². The molecule has 2 N–H and O–H groups in total. The van der Waals surface area contributed by atoms with Gasteiger partial charge >= 0.3 is 0 Å². The number of fused-ring (bicyclic) bond motifs is 1. The second-order valence-corrected chi connectivity index (χ2v) is 6.34. The van der Waals surface area contributed by atoms with E-state index in [-0.39, 0.29) is 5.91 Å². The minimum Gasteiger partial charge on any atom is -0.497 e. The summed E-state index contributed by atoms with van der Waals surface area (Å²) in [6.07, 6.45) is 1.07. The quantitative estimate of drug-likeness (QED) is 0.753. The van der Waals surface area contributed by atoms with Crippen molar-refractivity contribution in [1.29, 1.82) is 0 Å². The Labute approximate surface area is 137 Å². The molecule has 1 amide bonds. The minimum atomic E-state index is -0.0454. The Morgan fingerprint density at radius 2 is 2.22 bits per heavy atom. The van der Waals surface area contributed by atoms with Crippen LogP contribution >= 0.6 is 11.3 Å². The maximum atomic E-state index is 12.1. The zero-order valence-electron chi connectivity index (χ0n) is 13.3. The Morgan fingerprint density at radius 1 is 1.39 bits per heavy atom. The van der Waals surface area contributed by atoms with Crippen molar-refractivity contribution in [3.8, 4) is 5.75 Å². The number of aromatic amines is 1. The number of benzene rings is 1. The summed E-state index contributed by atoms with van der Waals surface area (Å²) >= 11 is 1.44. The number of hydrogen-bond donors (Lipinski definition) is 2. The molecule has 0 spiro atoms. The molecule has 0 unspecified atom stereocenters. The number of nitrogens with one attached hydrogen (secondary N) is 2. The Hall–Kier alpha value is -2.41. The van der Waals surface area contributed by atoms with Crippen molar-refractivity contribution in [3.63, 3.8) is 0 Å². The molecule has 0 bridgehead atoms. The number of anilines is 1. The van der Waals surface area contributed by atoms with E-state index in [4.69, 9.17) is 4.74 Å². The standard InChI is InChI=1S/C16H18N4O2S/c1-9-12(10(2)20-19-9)5-7-15(21)18-16-17-13-6-4-11(22-3)8-14(13)23-16/h4,6,8H,5,7H2,1-3H3,(H,19,20)(H,17,18,21). The maximum Gasteiger partial charge on any atom is 0.226 e. The molecule has 3 aromatic rings. The van der Waals surface area contributed by atoms with Crippen molar-refractivity contribution in [2.75, 3.05) is 12.4 Å². The third-order valence-electron chi connectivity index (χ3n) is 3.72. The van der Waals surface area contributed by atoms with E-state index in [2.05, 4.69) is 20.5 Å². The highest BCUT2D eigenvalue weighted by Gasteiger charge is 2.11. The van der Waals surface area contributed by atoms with E-state index < -0.39 is 0 Å². The summed E-state index contributed by atoms with van der Waals surface area (Å²) in [5.74, 6) is 0.737.